The average Bonchev–Trinajstić information content (AvgIpc) is 2.74. The van der Waals surface area contributed by atoms with Crippen molar-refractivity contribution in [2.75, 3.05) is 0 Å². The zero-order valence-corrected chi connectivity index (χ0v) is 11.5. The first-order chi connectivity index (χ1) is 8.99. The highest BCUT2D eigenvalue weighted by atomic mass is 79.9. The highest BCUT2D eigenvalue weighted by Gasteiger charge is 2.29. The van der Waals surface area contributed by atoms with E-state index in [4.69, 9.17) is 0 Å². The lowest BCUT2D eigenvalue weighted by atomic mass is 10.1. The van der Waals surface area contributed by atoms with Crippen LogP contribution in [-0.2, 0) is 0 Å². The molecule has 19 heavy (non-hydrogen) atoms. The predicted octanol–water partition coefficient (Wildman–Crippen LogP) is 2.78. The number of nitrogens with zero attached hydrogens (tertiary/aromatic N) is 1. The van der Waals surface area contributed by atoms with Gasteiger partial charge < -0.3 is 5.32 Å². The average molecular weight is 331 g/mol. The molecule has 0 radical (unpaired) electrons. The Labute approximate surface area is 117 Å². The molecular formula is C12H12BrFN2O3. The minimum atomic E-state index is -0.686. The van der Waals surface area contributed by atoms with E-state index in [-0.39, 0.29) is 22.1 Å². The van der Waals surface area contributed by atoms with Crippen molar-refractivity contribution in [2.24, 2.45) is 0 Å². The summed E-state index contributed by atoms with van der Waals surface area (Å²) >= 11 is 3.44. The Morgan fingerprint density at radius 3 is 2.79 bits per heavy atom. The highest BCUT2D eigenvalue weighted by Crippen LogP contribution is 2.27. The summed E-state index contributed by atoms with van der Waals surface area (Å²) in [5.74, 6) is -1.28. The molecule has 1 aromatic carbocycles. The SMILES string of the molecule is O=C(NC1CCCC1Br)c1cc(F)ccc1[N+](=O)[O-]. The summed E-state index contributed by atoms with van der Waals surface area (Å²) < 4.78 is 13.1. The molecule has 102 valence electrons. The van der Waals surface area contributed by atoms with Gasteiger partial charge in [0.2, 0.25) is 0 Å². The fourth-order valence-electron chi connectivity index (χ4n) is 2.17. The Kier molecular flexibility index (Phi) is 4.14. The maximum Gasteiger partial charge on any atom is 0.282 e. The Morgan fingerprint density at radius 1 is 1.47 bits per heavy atom. The van der Waals surface area contributed by atoms with Crippen molar-refractivity contribution in [2.45, 2.75) is 30.1 Å². The minimum Gasteiger partial charge on any atom is -0.348 e. The zero-order valence-electron chi connectivity index (χ0n) is 9.94. The number of hydrogen-bond donors (Lipinski definition) is 1. The minimum absolute atomic E-state index is 0.0737. The Bertz CT molecular complexity index is 524. The molecule has 1 aliphatic rings. The number of benzene rings is 1. The molecule has 1 aromatic rings. The molecule has 0 aromatic heterocycles. The number of rotatable bonds is 3. The van der Waals surface area contributed by atoms with Gasteiger partial charge >= 0.3 is 0 Å². The van der Waals surface area contributed by atoms with Crippen molar-refractivity contribution in [3.63, 3.8) is 0 Å². The van der Waals surface area contributed by atoms with Crippen LogP contribution in [0.2, 0.25) is 0 Å². The number of alkyl halides is 1. The Balaban J connectivity index is 2.22. The van der Waals surface area contributed by atoms with E-state index in [1.165, 1.54) is 0 Å². The van der Waals surface area contributed by atoms with Gasteiger partial charge in [-0.2, -0.15) is 0 Å². The highest BCUT2D eigenvalue weighted by molar-refractivity contribution is 9.09. The van der Waals surface area contributed by atoms with Crippen molar-refractivity contribution in [1.82, 2.24) is 5.32 Å². The fourth-order valence-corrected chi connectivity index (χ4v) is 2.89. The third-order valence-corrected chi connectivity index (χ3v) is 4.24. The third kappa shape index (κ3) is 3.09. The molecule has 7 heteroatoms. The van der Waals surface area contributed by atoms with Crippen molar-refractivity contribution in [3.05, 3.63) is 39.7 Å². The van der Waals surface area contributed by atoms with Gasteiger partial charge in [0.05, 0.1) is 4.92 Å². The van der Waals surface area contributed by atoms with Gasteiger partial charge in [0.25, 0.3) is 11.6 Å². The van der Waals surface area contributed by atoms with Gasteiger partial charge in [0.1, 0.15) is 11.4 Å². The molecule has 2 atom stereocenters. The number of nitrogens with one attached hydrogen (secondary N) is 1. The van der Waals surface area contributed by atoms with Gasteiger partial charge in [-0.05, 0) is 25.0 Å². The summed E-state index contributed by atoms with van der Waals surface area (Å²) in [6.45, 7) is 0. The molecule has 0 spiro atoms. The van der Waals surface area contributed by atoms with Crippen LogP contribution in [0.4, 0.5) is 10.1 Å². The second-order valence-corrected chi connectivity index (χ2v) is 5.62. The normalized spacial score (nSPS) is 22.2. The van der Waals surface area contributed by atoms with Crippen LogP contribution in [0.1, 0.15) is 29.6 Å². The van der Waals surface area contributed by atoms with Gasteiger partial charge in [0, 0.05) is 16.9 Å². The number of amides is 1. The van der Waals surface area contributed by atoms with Crippen LogP contribution in [0.3, 0.4) is 0 Å². The summed E-state index contributed by atoms with van der Waals surface area (Å²) in [5, 5.41) is 13.5. The second-order valence-electron chi connectivity index (χ2n) is 4.45. The molecule has 1 amide bonds. The van der Waals surface area contributed by atoms with Crippen LogP contribution in [0.5, 0.6) is 0 Å². The summed E-state index contributed by atoms with van der Waals surface area (Å²) in [6, 6.07) is 2.80. The van der Waals surface area contributed by atoms with Gasteiger partial charge in [-0.3, -0.25) is 14.9 Å². The van der Waals surface area contributed by atoms with Crippen molar-refractivity contribution < 1.29 is 14.1 Å². The van der Waals surface area contributed by atoms with Crippen molar-refractivity contribution in [1.29, 1.82) is 0 Å². The van der Waals surface area contributed by atoms with E-state index in [2.05, 4.69) is 21.2 Å². The van der Waals surface area contributed by atoms with Gasteiger partial charge in [-0.15, -0.1) is 0 Å². The lowest BCUT2D eigenvalue weighted by molar-refractivity contribution is -0.385. The molecule has 0 bridgehead atoms. The molecule has 1 fully saturated rings. The van der Waals surface area contributed by atoms with Crippen LogP contribution in [0.25, 0.3) is 0 Å². The summed E-state index contributed by atoms with van der Waals surface area (Å²) in [5.41, 5.74) is -0.625. The van der Waals surface area contributed by atoms with Crippen LogP contribution < -0.4 is 5.32 Å². The van der Waals surface area contributed by atoms with Crippen LogP contribution in [-0.4, -0.2) is 21.7 Å². The summed E-state index contributed by atoms with van der Waals surface area (Å²) in [7, 11) is 0. The molecule has 1 N–H and O–H groups in total. The van der Waals surface area contributed by atoms with Crippen LogP contribution in [0, 0.1) is 15.9 Å². The summed E-state index contributed by atoms with van der Waals surface area (Å²) in [6.07, 6.45) is 2.73. The van der Waals surface area contributed by atoms with Gasteiger partial charge in [0.15, 0.2) is 0 Å². The molecular weight excluding hydrogens is 319 g/mol. The van der Waals surface area contributed by atoms with E-state index >= 15 is 0 Å². The zero-order chi connectivity index (χ0) is 14.0. The van der Waals surface area contributed by atoms with Gasteiger partial charge in [-0.1, -0.05) is 22.4 Å². The lowest BCUT2D eigenvalue weighted by Gasteiger charge is -2.16. The molecule has 1 saturated carbocycles. The standard InChI is InChI=1S/C12H12BrFN2O3/c13-9-2-1-3-10(9)15-12(17)8-6-7(14)4-5-11(8)16(18)19/h4-6,9-10H,1-3H2,(H,15,17). The molecule has 2 unspecified atom stereocenters. The smallest absolute Gasteiger partial charge is 0.282 e. The van der Waals surface area contributed by atoms with Crippen LogP contribution >= 0.6 is 15.9 Å². The monoisotopic (exact) mass is 330 g/mol. The first kappa shape index (κ1) is 13.9. The number of carbonyl (C=O) groups is 1. The van der Waals surface area contributed by atoms with Crippen molar-refractivity contribution >= 4 is 27.5 Å². The predicted molar refractivity (Wildman–Crippen MR) is 70.9 cm³/mol. The van der Waals surface area contributed by atoms with E-state index in [9.17, 15) is 19.3 Å². The molecule has 0 heterocycles. The van der Waals surface area contributed by atoms with Crippen molar-refractivity contribution in [3.8, 4) is 0 Å². The largest absolute Gasteiger partial charge is 0.348 e. The fraction of sp³-hybridized carbons (Fsp3) is 0.417. The second kappa shape index (κ2) is 5.64. The number of halogens is 2. The lowest BCUT2D eigenvalue weighted by Crippen LogP contribution is -2.37. The quantitative estimate of drug-likeness (QED) is 0.526. The maximum absolute atomic E-state index is 13.1. The first-order valence-electron chi connectivity index (χ1n) is 5.88. The van der Waals surface area contributed by atoms with Crippen LogP contribution in [0.15, 0.2) is 18.2 Å². The van der Waals surface area contributed by atoms with E-state index < -0.39 is 16.6 Å². The molecule has 5 nitrogen and oxygen atoms in total. The van der Waals surface area contributed by atoms with E-state index in [1.807, 2.05) is 0 Å². The van der Waals surface area contributed by atoms with E-state index in [0.29, 0.717) is 0 Å². The van der Waals surface area contributed by atoms with E-state index in [0.717, 1.165) is 37.5 Å². The summed E-state index contributed by atoms with van der Waals surface area (Å²) in [4.78, 5) is 22.3. The maximum atomic E-state index is 13.1. The third-order valence-electron chi connectivity index (χ3n) is 3.15. The Morgan fingerprint density at radius 2 is 2.21 bits per heavy atom. The number of carbonyl (C=O) groups excluding carboxylic acids is 1. The number of nitro groups is 1. The molecule has 0 aliphatic heterocycles. The molecule has 1 aliphatic carbocycles. The number of hydrogen-bond acceptors (Lipinski definition) is 3. The Hall–Kier alpha value is -1.50. The topological polar surface area (TPSA) is 72.2 Å². The van der Waals surface area contributed by atoms with Gasteiger partial charge in [-0.25, -0.2) is 4.39 Å². The molecule has 2 rings (SSSR count). The first-order valence-corrected chi connectivity index (χ1v) is 6.79. The van der Waals surface area contributed by atoms with E-state index in [1.54, 1.807) is 0 Å². The number of nitro benzene ring substituents is 1. The molecule has 0 saturated heterocycles.